The number of benzene rings is 1. The van der Waals surface area contributed by atoms with E-state index >= 15 is 0 Å². The Morgan fingerprint density at radius 3 is 3.00 bits per heavy atom. The lowest BCUT2D eigenvalue weighted by atomic mass is 10.0. The smallest absolute Gasteiger partial charge is 0.137 e. The predicted octanol–water partition coefficient (Wildman–Crippen LogP) is 1.89. The maximum absolute atomic E-state index is 10.3. The Bertz CT molecular complexity index is 777. The molecule has 6 nitrogen and oxygen atoms in total. The number of β-amino-alcohol motifs (C(OH)–C–C–N with tert-alkyl or cyclic N) is 1. The van der Waals surface area contributed by atoms with Crippen LogP contribution in [0.2, 0.25) is 0 Å². The normalized spacial score (nSPS) is 22.2. The number of H-pyrrole nitrogens is 1. The Balaban J connectivity index is 1.42. The van der Waals surface area contributed by atoms with E-state index < -0.39 is 0 Å². The largest absolute Gasteiger partial charge is 0.391 e. The van der Waals surface area contributed by atoms with Crippen LogP contribution in [0.5, 0.6) is 0 Å². The van der Waals surface area contributed by atoms with Crippen LogP contribution in [0.4, 0.5) is 0 Å². The van der Waals surface area contributed by atoms with Crippen LogP contribution in [-0.2, 0) is 13.0 Å². The topological polar surface area (TPSA) is 78.2 Å². The van der Waals surface area contributed by atoms with E-state index in [4.69, 9.17) is 4.52 Å². The quantitative estimate of drug-likeness (QED) is 0.769. The van der Waals surface area contributed by atoms with E-state index in [0.29, 0.717) is 6.54 Å². The molecule has 0 spiro atoms. The molecule has 120 valence electrons. The molecule has 0 radical (unpaired) electrons. The SMILES string of the molecule is Cc1cc(C[C@@H]2CN(Cc3nc4ccccc4[nH]3)C[C@H]2O)on1. The zero-order valence-corrected chi connectivity index (χ0v) is 13.1. The molecule has 3 aromatic rings. The van der Waals surface area contributed by atoms with E-state index in [0.717, 1.165) is 47.8 Å². The van der Waals surface area contributed by atoms with Gasteiger partial charge in [0.25, 0.3) is 0 Å². The fourth-order valence-corrected chi connectivity index (χ4v) is 3.33. The average Bonchev–Trinajstić information content (AvgIpc) is 3.19. The van der Waals surface area contributed by atoms with E-state index in [2.05, 4.69) is 20.0 Å². The van der Waals surface area contributed by atoms with Crippen LogP contribution in [0.15, 0.2) is 34.9 Å². The summed E-state index contributed by atoms with van der Waals surface area (Å²) >= 11 is 0. The zero-order chi connectivity index (χ0) is 15.8. The number of aliphatic hydroxyl groups is 1. The van der Waals surface area contributed by atoms with Gasteiger partial charge in [-0.05, 0) is 19.1 Å². The van der Waals surface area contributed by atoms with Gasteiger partial charge in [-0.1, -0.05) is 17.3 Å². The van der Waals surface area contributed by atoms with Crippen LogP contribution in [-0.4, -0.2) is 44.3 Å². The Morgan fingerprint density at radius 2 is 2.22 bits per heavy atom. The molecule has 1 aromatic carbocycles. The van der Waals surface area contributed by atoms with Gasteiger partial charge in [-0.25, -0.2) is 4.98 Å². The van der Waals surface area contributed by atoms with Gasteiger partial charge in [0.2, 0.25) is 0 Å². The van der Waals surface area contributed by atoms with Crippen molar-refractivity contribution in [2.24, 2.45) is 5.92 Å². The van der Waals surface area contributed by atoms with Gasteiger partial charge in [0.1, 0.15) is 11.6 Å². The van der Waals surface area contributed by atoms with Gasteiger partial charge in [0, 0.05) is 31.5 Å². The molecule has 2 N–H and O–H groups in total. The molecule has 0 saturated carbocycles. The Hall–Kier alpha value is -2.18. The molecule has 23 heavy (non-hydrogen) atoms. The Labute approximate surface area is 134 Å². The average molecular weight is 312 g/mol. The molecule has 0 amide bonds. The molecule has 2 atom stereocenters. The van der Waals surface area contributed by atoms with E-state index in [1.54, 1.807) is 0 Å². The number of imidazole rings is 1. The minimum Gasteiger partial charge on any atom is -0.391 e. The first-order valence-electron chi connectivity index (χ1n) is 7.93. The van der Waals surface area contributed by atoms with Crippen LogP contribution in [0.25, 0.3) is 11.0 Å². The summed E-state index contributed by atoms with van der Waals surface area (Å²) in [5.74, 6) is 1.96. The van der Waals surface area contributed by atoms with Crippen molar-refractivity contribution in [3.8, 4) is 0 Å². The van der Waals surface area contributed by atoms with Crippen LogP contribution >= 0.6 is 0 Å². The molecule has 1 fully saturated rings. The molecule has 0 aliphatic carbocycles. The molecule has 1 aliphatic rings. The van der Waals surface area contributed by atoms with Gasteiger partial charge in [0.05, 0.1) is 29.4 Å². The molecule has 0 unspecified atom stereocenters. The van der Waals surface area contributed by atoms with Crippen LogP contribution in [0.3, 0.4) is 0 Å². The van der Waals surface area contributed by atoms with Gasteiger partial charge in [-0.15, -0.1) is 0 Å². The molecule has 3 heterocycles. The number of nitrogens with one attached hydrogen (secondary N) is 1. The summed E-state index contributed by atoms with van der Waals surface area (Å²) in [5.41, 5.74) is 2.92. The highest BCUT2D eigenvalue weighted by atomic mass is 16.5. The number of rotatable bonds is 4. The lowest BCUT2D eigenvalue weighted by Crippen LogP contribution is -2.22. The summed E-state index contributed by atoms with van der Waals surface area (Å²) in [6, 6.07) is 9.96. The molecule has 6 heteroatoms. The number of aliphatic hydroxyl groups excluding tert-OH is 1. The second-order valence-corrected chi connectivity index (χ2v) is 6.36. The van der Waals surface area contributed by atoms with Crippen molar-refractivity contribution in [1.29, 1.82) is 0 Å². The maximum Gasteiger partial charge on any atom is 0.137 e. The van der Waals surface area contributed by atoms with Crippen LogP contribution in [0, 0.1) is 12.8 Å². The minimum atomic E-state index is -0.343. The van der Waals surface area contributed by atoms with Crippen molar-refractivity contribution in [2.75, 3.05) is 13.1 Å². The lowest BCUT2D eigenvalue weighted by Gasteiger charge is -2.13. The third-order valence-corrected chi connectivity index (χ3v) is 4.43. The Kier molecular flexibility index (Phi) is 3.63. The number of hydrogen-bond donors (Lipinski definition) is 2. The number of aromatic nitrogens is 3. The number of fused-ring (bicyclic) bond motifs is 1. The first-order valence-corrected chi connectivity index (χ1v) is 7.93. The highest BCUT2D eigenvalue weighted by molar-refractivity contribution is 5.74. The third-order valence-electron chi connectivity index (χ3n) is 4.43. The monoisotopic (exact) mass is 312 g/mol. The number of hydrogen-bond acceptors (Lipinski definition) is 5. The molecule has 0 bridgehead atoms. The fourth-order valence-electron chi connectivity index (χ4n) is 3.33. The second kappa shape index (κ2) is 5.79. The van der Waals surface area contributed by atoms with Gasteiger partial charge >= 0.3 is 0 Å². The van der Waals surface area contributed by atoms with Crippen molar-refractivity contribution in [2.45, 2.75) is 26.0 Å². The summed E-state index contributed by atoms with van der Waals surface area (Å²) < 4.78 is 5.27. The van der Waals surface area contributed by atoms with Crippen molar-refractivity contribution < 1.29 is 9.63 Å². The molecule has 1 aliphatic heterocycles. The Morgan fingerprint density at radius 1 is 1.35 bits per heavy atom. The maximum atomic E-state index is 10.3. The summed E-state index contributed by atoms with van der Waals surface area (Å²) in [6.45, 7) is 4.12. The number of aryl methyl sites for hydroxylation is 1. The first-order chi connectivity index (χ1) is 11.2. The summed E-state index contributed by atoms with van der Waals surface area (Å²) in [5, 5.41) is 14.2. The molecular weight excluding hydrogens is 292 g/mol. The third kappa shape index (κ3) is 3.00. The van der Waals surface area contributed by atoms with Crippen molar-refractivity contribution in [1.82, 2.24) is 20.0 Å². The second-order valence-electron chi connectivity index (χ2n) is 6.36. The van der Waals surface area contributed by atoms with Crippen LogP contribution < -0.4 is 0 Å². The molecule has 1 saturated heterocycles. The van der Waals surface area contributed by atoms with Gasteiger partial charge in [0.15, 0.2) is 0 Å². The van der Waals surface area contributed by atoms with E-state index in [9.17, 15) is 5.11 Å². The number of para-hydroxylation sites is 2. The van der Waals surface area contributed by atoms with Gasteiger partial charge in [-0.3, -0.25) is 4.90 Å². The predicted molar refractivity (Wildman–Crippen MR) is 85.8 cm³/mol. The van der Waals surface area contributed by atoms with E-state index in [1.807, 2.05) is 37.3 Å². The van der Waals surface area contributed by atoms with Crippen molar-refractivity contribution >= 4 is 11.0 Å². The standard InChI is InChI=1S/C17H20N4O2/c1-11-6-13(23-20-11)7-12-8-21(9-16(12)22)10-17-18-14-4-2-3-5-15(14)19-17/h2-6,12,16,22H,7-10H2,1H3,(H,18,19)/t12-,16-/m1/s1. The minimum absolute atomic E-state index is 0.173. The summed E-state index contributed by atoms with van der Waals surface area (Å²) in [6.07, 6.45) is 0.378. The highest BCUT2D eigenvalue weighted by Gasteiger charge is 2.32. The number of aromatic amines is 1. The zero-order valence-electron chi connectivity index (χ0n) is 13.1. The van der Waals surface area contributed by atoms with E-state index in [-0.39, 0.29) is 12.0 Å². The first kappa shape index (κ1) is 14.4. The van der Waals surface area contributed by atoms with E-state index in [1.165, 1.54) is 0 Å². The van der Waals surface area contributed by atoms with Crippen molar-refractivity contribution in [3.63, 3.8) is 0 Å². The number of nitrogens with zero attached hydrogens (tertiary/aromatic N) is 3. The molecule has 4 rings (SSSR count). The van der Waals surface area contributed by atoms with Crippen molar-refractivity contribution in [3.05, 3.63) is 47.6 Å². The highest BCUT2D eigenvalue weighted by Crippen LogP contribution is 2.23. The fraction of sp³-hybridized carbons (Fsp3) is 0.412. The molecule has 2 aromatic heterocycles. The van der Waals surface area contributed by atoms with Crippen LogP contribution in [0.1, 0.15) is 17.3 Å². The molecular formula is C17H20N4O2. The lowest BCUT2D eigenvalue weighted by molar-refractivity contribution is 0.137. The van der Waals surface area contributed by atoms with Gasteiger partial charge < -0.3 is 14.6 Å². The summed E-state index contributed by atoms with van der Waals surface area (Å²) in [7, 11) is 0. The summed E-state index contributed by atoms with van der Waals surface area (Å²) in [4.78, 5) is 10.2. The number of likely N-dealkylation sites (tertiary alicyclic amines) is 1. The van der Waals surface area contributed by atoms with Gasteiger partial charge in [-0.2, -0.15) is 0 Å².